The number of anilines is 1. The number of hydrogen-bond acceptors (Lipinski definition) is 2. The van der Waals surface area contributed by atoms with Crippen molar-refractivity contribution in [3.63, 3.8) is 0 Å². The van der Waals surface area contributed by atoms with Crippen molar-refractivity contribution < 1.29 is 17.2 Å². The zero-order valence-electron chi connectivity index (χ0n) is 14.0. The highest BCUT2D eigenvalue weighted by molar-refractivity contribution is 7.92. The van der Waals surface area contributed by atoms with Gasteiger partial charge in [0.05, 0.1) is 10.7 Å². The van der Waals surface area contributed by atoms with Gasteiger partial charge in [-0.2, -0.15) is 0 Å². The second kappa shape index (κ2) is 8.25. The summed E-state index contributed by atoms with van der Waals surface area (Å²) in [5.41, 5.74) is 1.20. The first-order chi connectivity index (χ1) is 13.1. The molecule has 0 saturated carbocycles. The molecule has 0 atom stereocenters. The number of rotatable bonds is 5. The maximum atomic E-state index is 13.3. The maximum absolute atomic E-state index is 13.3. The molecule has 3 rings (SSSR count). The van der Waals surface area contributed by atoms with Crippen LogP contribution < -0.4 is 4.72 Å². The monoisotopic (exact) mass is 461 g/mol. The van der Waals surface area contributed by atoms with Crippen LogP contribution in [0.2, 0.25) is 15.1 Å². The van der Waals surface area contributed by atoms with Crippen molar-refractivity contribution in [3.8, 4) is 0 Å². The van der Waals surface area contributed by atoms with Gasteiger partial charge in [-0.25, -0.2) is 17.2 Å². The molecule has 9 heteroatoms. The highest BCUT2D eigenvalue weighted by Crippen LogP contribution is 2.29. The molecular formula is C19H12Cl3F2NO2S. The number of sulfonamides is 1. The minimum absolute atomic E-state index is 0.0177. The molecule has 0 aliphatic heterocycles. The van der Waals surface area contributed by atoms with Crippen LogP contribution >= 0.6 is 34.8 Å². The minimum atomic E-state index is -3.96. The predicted octanol–water partition coefficient (Wildman–Crippen LogP) is 6.32. The largest absolute Gasteiger partial charge is 0.280 e. The molecule has 0 spiro atoms. The fourth-order valence-corrected chi connectivity index (χ4v) is 4.66. The van der Waals surface area contributed by atoms with Gasteiger partial charge in [0.1, 0.15) is 16.5 Å². The van der Waals surface area contributed by atoms with Gasteiger partial charge in [0.15, 0.2) is 0 Å². The fraction of sp³-hybridized carbons (Fsp3) is 0.0526. The maximum Gasteiger partial charge on any atom is 0.263 e. The van der Waals surface area contributed by atoms with Crippen LogP contribution in [0.5, 0.6) is 0 Å². The predicted molar refractivity (Wildman–Crippen MR) is 108 cm³/mol. The molecule has 0 radical (unpaired) electrons. The lowest BCUT2D eigenvalue weighted by Gasteiger charge is -2.12. The van der Waals surface area contributed by atoms with Crippen molar-refractivity contribution in [2.24, 2.45) is 0 Å². The van der Waals surface area contributed by atoms with Crippen LogP contribution in [0.15, 0.2) is 59.5 Å². The molecule has 0 saturated heterocycles. The molecule has 0 heterocycles. The number of nitrogens with one attached hydrogen (secondary N) is 1. The van der Waals surface area contributed by atoms with Crippen LogP contribution in [0.25, 0.3) is 0 Å². The van der Waals surface area contributed by atoms with Crippen LogP contribution in [0.4, 0.5) is 14.5 Å². The van der Waals surface area contributed by atoms with Crippen LogP contribution in [0.1, 0.15) is 11.1 Å². The Labute approximate surface area is 175 Å². The lowest BCUT2D eigenvalue weighted by molar-refractivity contribution is 0.580. The molecule has 3 aromatic carbocycles. The summed E-state index contributed by atoms with van der Waals surface area (Å²) < 4.78 is 54.1. The SMILES string of the molecule is O=S(=O)(Nc1ccc(Cc2cc(F)cc(F)c2)c(Cl)c1)c1ccc(Cl)cc1Cl. The second-order valence-corrected chi connectivity index (χ2v) is 8.84. The van der Waals surface area contributed by atoms with Gasteiger partial charge >= 0.3 is 0 Å². The van der Waals surface area contributed by atoms with Crippen molar-refractivity contribution in [1.82, 2.24) is 0 Å². The van der Waals surface area contributed by atoms with Crippen LogP contribution in [-0.2, 0) is 16.4 Å². The van der Waals surface area contributed by atoms with Gasteiger partial charge in [-0.05, 0) is 60.0 Å². The minimum Gasteiger partial charge on any atom is -0.280 e. The Morgan fingerprint density at radius 2 is 1.50 bits per heavy atom. The fourth-order valence-electron chi connectivity index (χ4n) is 2.59. The number of halogens is 5. The first kappa shape index (κ1) is 20.9. The molecule has 3 aromatic rings. The van der Waals surface area contributed by atoms with E-state index in [1.165, 1.54) is 42.5 Å². The quantitative estimate of drug-likeness (QED) is 0.482. The average molecular weight is 463 g/mol. The zero-order valence-corrected chi connectivity index (χ0v) is 17.1. The van der Waals surface area contributed by atoms with E-state index in [0.717, 1.165) is 6.07 Å². The number of hydrogen-bond donors (Lipinski definition) is 1. The van der Waals surface area contributed by atoms with E-state index in [9.17, 15) is 17.2 Å². The van der Waals surface area contributed by atoms with Crippen molar-refractivity contribution in [2.45, 2.75) is 11.3 Å². The lowest BCUT2D eigenvalue weighted by Crippen LogP contribution is -2.13. The van der Waals surface area contributed by atoms with Gasteiger partial charge in [0, 0.05) is 16.1 Å². The molecule has 0 unspecified atom stereocenters. The van der Waals surface area contributed by atoms with E-state index < -0.39 is 21.7 Å². The van der Waals surface area contributed by atoms with E-state index in [1.54, 1.807) is 6.07 Å². The van der Waals surface area contributed by atoms with E-state index in [1.807, 2.05) is 0 Å². The Hall–Kier alpha value is -1.86. The summed E-state index contributed by atoms with van der Waals surface area (Å²) >= 11 is 18.0. The third-order valence-electron chi connectivity index (χ3n) is 3.81. The summed E-state index contributed by atoms with van der Waals surface area (Å²) in [5, 5.41) is 0.535. The second-order valence-electron chi connectivity index (χ2n) is 5.94. The summed E-state index contributed by atoms with van der Waals surface area (Å²) in [6.45, 7) is 0. The number of benzene rings is 3. The third kappa shape index (κ3) is 4.94. The highest BCUT2D eigenvalue weighted by atomic mass is 35.5. The molecule has 0 aromatic heterocycles. The topological polar surface area (TPSA) is 46.2 Å². The normalized spacial score (nSPS) is 11.5. The van der Waals surface area contributed by atoms with Crippen LogP contribution in [-0.4, -0.2) is 8.42 Å². The zero-order chi connectivity index (χ0) is 20.5. The van der Waals surface area contributed by atoms with E-state index in [4.69, 9.17) is 34.8 Å². The summed E-state index contributed by atoms with van der Waals surface area (Å²) in [6, 6.07) is 11.7. The van der Waals surface area contributed by atoms with Crippen molar-refractivity contribution >= 4 is 50.5 Å². The molecule has 28 heavy (non-hydrogen) atoms. The van der Waals surface area contributed by atoms with Crippen LogP contribution in [0, 0.1) is 11.6 Å². The molecule has 0 aliphatic rings. The molecule has 0 amide bonds. The molecule has 0 aliphatic carbocycles. The lowest BCUT2D eigenvalue weighted by atomic mass is 10.0. The van der Waals surface area contributed by atoms with Crippen molar-refractivity contribution in [2.75, 3.05) is 4.72 Å². The van der Waals surface area contributed by atoms with E-state index >= 15 is 0 Å². The first-order valence-electron chi connectivity index (χ1n) is 7.85. The molecule has 0 fully saturated rings. The molecule has 1 N–H and O–H groups in total. The van der Waals surface area contributed by atoms with E-state index in [2.05, 4.69) is 4.72 Å². The van der Waals surface area contributed by atoms with E-state index in [-0.39, 0.29) is 27.0 Å². The molecule has 0 bridgehead atoms. The van der Waals surface area contributed by atoms with Gasteiger partial charge < -0.3 is 0 Å². The molecular weight excluding hydrogens is 451 g/mol. The van der Waals surface area contributed by atoms with Gasteiger partial charge in [0.2, 0.25) is 0 Å². The summed E-state index contributed by atoms with van der Waals surface area (Å²) in [6.07, 6.45) is 0.184. The van der Waals surface area contributed by atoms with Crippen molar-refractivity contribution in [1.29, 1.82) is 0 Å². The average Bonchev–Trinajstić information content (AvgIpc) is 2.55. The summed E-state index contributed by atoms with van der Waals surface area (Å²) in [7, 11) is -3.96. The summed E-state index contributed by atoms with van der Waals surface area (Å²) in [5.74, 6) is -1.37. The van der Waals surface area contributed by atoms with Gasteiger partial charge in [-0.15, -0.1) is 0 Å². The standard InChI is InChI=1S/C19H12Cl3F2NO2S/c20-13-2-4-19(18(22)8-13)28(26,27)25-16-3-1-12(17(21)10-16)5-11-6-14(23)9-15(24)7-11/h1-4,6-10,25H,5H2. The van der Waals surface area contributed by atoms with Gasteiger partial charge in [-0.1, -0.05) is 40.9 Å². The van der Waals surface area contributed by atoms with Gasteiger partial charge in [-0.3, -0.25) is 4.72 Å². The molecule has 3 nitrogen and oxygen atoms in total. The smallest absolute Gasteiger partial charge is 0.263 e. The Balaban J connectivity index is 1.84. The Bertz CT molecular complexity index is 1130. The first-order valence-corrected chi connectivity index (χ1v) is 10.5. The highest BCUT2D eigenvalue weighted by Gasteiger charge is 2.19. The Morgan fingerprint density at radius 1 is 0.821 bits per heavy atom. The molecule has 146 valence electrons. The van der Waals surface area contributed by atoms with Crippen LogP contribution in [0.3, 0.4) is 0 Å². The van der Waals surface area contributed by atoms with E-state index in [0.29, 0.717) is 16.1 Å². The summed E-state index contributed by atoms with van der Waals surface area (Å²) in [4.78, 5) is -0.131. The third-order valence-corrected chi connectivity index (χ3v) is 6.26. The Kier molecular flexibility index (Phi) is 6.15. The van der Waals surface area contributed by atoms with Crippen molar-refractivity contribution in [3.05, 3.63) is 92.4 Å². The van der Waals surface area contributed by atoms with Gasteiger partial charge in [0.25, 0.3) is 10.0 Å². The Morgan fingerprint density at radius 3 is 2.11 bits per heavy atom.